The van der Waals surface area contributed by atoms with Crippen LogP contribution in [-0.4, -0.2) is 44.8 Å². The fraction of sp³-hybridized carbons (Fsp3) is 0.417. The number of anilines is 3. The third kappa shape index (κ3) is 6.72. The average Bonchev–Trinajstić information content (AvgIpc) is 3.28. The Morgan fingerprint density at radius 3 is 2.48 bits per heavy atom. The zero-order chi connectivity index (χ0) is 22.1. The molecule has 1 aliphatic heterocycles. The van der Waals surface area contributed by atoms with Crippen LogP contribution in [0.1, 0.15) is 42.1 Å². The number of rotatable bonds is 9. The first kappa shape index (κ1) is 22.6. The van der Waals surface area contributed by atoms with Crippen molar-refractivity contribution in [2.24, 2.45) is 0 Å². The van der Waals surface area contributed by atoms with Crippen molar-refractivity contribution in [3.05, 3.63) is 53.6 Å². The number of hydrogen-bond acceptors (Lipinski definition) is 4. The number of amides is 3. The van der Waals surface area contributed by atoms with Crippen molar-refractivity contribution >= 4 is 29.0 Å². The monoisotopic (exact) mass is 424 g/mol. The first-order chi connectivity index (χ1) is 15.1. The molecule has 0 saturated carbocycles. The number of ether oxygens (including phenoxy) is 1. The highest BCUT2D eigenvalue weighted by Gasteiger charge is 2.20. The molecule has 7 nitrogen and oxygen atoms in total. The van der Waals surface area contributed by atoms with Crippen LogP contribution in [0.25, 0.3) is 0 Å². The third-order valence-electron chi connectivity index (χ3n) is 5.18. The van der Waals surface area contributed by atoms with E-state index in [9.17, 15) is 9.59 Å². The number of carbonyl (C=O) groups is 2. The third-order valence-corrected chi connectivity index (χ3v) is 5.18. The molecule has 0 aliphatic carbocycles. The molecule has 1 saturated heterocycles. The van der Waals surface area contributed by atoms with Gasteiger partial charge < -0.3 is 25.6 Å². The highest BCUT2D eigenvalue weighted by atomic mass is 16.5. The molecule has 0 bridgehead atoms. The number of carbonyl (C=O) groups excluding carboxylic acids is 2. The smallest absolute Gasteiger partial charge is 0.323 e. The lowest BCUT2D eigenvalue weighted by atomic mass is 10.1. The second-order valence-corrected chi connectivity index (χ2v) is 7.68. The van der Waals surface area contributed by atoms with E-state index in [-0.39, 0.29) is 11.9 Å². The Bertz CT molecular complexity index is 894. The molecular formula is C24H32N4O3. The minimum Gasteiger partial charge on any atom is -0.382 e. The van der Waals surface area contributed by atoms with Gasteiger partial charge >= 0.3 is 6.03 Å². The van der Waals surface area contributed by atoms with Gasteiger partial charge in [0.2, 0.25) is 0 Å². The lowest BCUT2D eigenvalue weighted by molar-refractivity contribution is 0.0944. The summed E-state index contributed by atoms with van der Waals surface area (Å²) in [4.78, 5) is 27.6. The summed E-state index contributed by atoms with van der Waals surface area (Å²) in [6.45, 7) is 7.63. The predicted molar refractivity (Wildman–Crippen MR) is 125 cm³/mol. The van der Waals surface area contributed by atoms with E-state index in [2.05, 4.69) is 20.9 Å². The minimum atomic E-state index is -0.345. The van der Waals surface area contributed by atoms with Crippen molar-refractivity contribution < 1.29 is 14.3 Å². The van der Waals surface area contributed by atoms with E-state index < -0.39 is 0 Å². The molecule has 1 aliphatic rings. The second-order valence-electron chi connectivity index (χ2n) is 7.68. The molecule has 0 spiro atoms. The van der Waals surface area contributed by atoms with Crippen LogP contribution in [0.5, 0.6) is 0 Å². The highest BCUT2D eigenvalue weighted by Crippen LogP contribution is 2.27. The first-order valence-corrected chi connectivity index (χ1v) is 11.0. The lowest BCUT2D eigenvalue weighted by Gasteiger charge is -2.22. The quantitative estimate of drug-likeness (QED) is 0.521. The van der Waals surface area contributed by atoms with Gasteiger partial charge in [-0.25, -0.2) is 4.79 Å². The van der Waals surface area contributed by atoms with Crippen molar-refractivity contribution in [2.45, 2.75) is 33.1 Å². The summed E-state index contributed by atoms with van der Waals surface area (Å²) in [7, 11) is 0. The Labute approximate surface area is 184 Å². The number of hydrogen-bond donors (Lipinski definition) is 3. The topological polar surface area (TPSA) is 82.7 Å². The molecule has 166 valence electrons. The molecule has 1 heterocycles. The number of nitrogens with zero attached hydrogens (tertiary/aromatic N) is 1. The van der Waals surface area contributed by atoms with Gasteiger partial charge in [0.1, 0.15) is 0 Å². The molecule has 3 rings (SSSR count). The van der Waals surface area contributed by atoms with E-state index >= 15 is 0 Å². The Morgan fingerprint density at radius 2 is 1.77 bits per heavy atom. The molecule has 1 fully saturated rings. The number of urea groups is 1. The predicted octanol–water partition coefficient (Wildman–Crippen LogP) is 4.40. The van der Waals surface area contributed by atoms with Gasteiger partial charge in [-0.1, -0.05) is 12.1 Å². The fourth-order valence-corrected chi connectivity index (χ4v) is 3.66. The van der Waals surface area contributed by atoms with E-state index in [0.717, 1.165) is 49.3 Å². The van der Waals surface area contributed by atoms with Crippen molar-refractivity contribution in [2.75, 3.05) is 48.4 Å². The highest BCUT2D eigenvalue weighted by molar-refractivity contribution is 6.04. The first-order valence-electron chi connectivity index (χ1n) is 11.0. The Balaban J connectivity index is 1.70. The van der Waals surface area contributed by atoms with Crippen molar-refractivity contribution in [1.29, 1.82) is 0 Å². The summed E-state index contributed by atoms with van der Waals surface area (Å²) >= 11 is 0. The van der Waals surface area contributed by atoms with E-state index in [1.54, 1.807) is 6.07 Å². The second kappa shape index (κ2) is 11.4. The number of aryl methyl sites for hydroxylation is 1. The van der Waals surface area contributed by atoms with Crippen LogP contribution in [0.3, 0.4) is 0 Å². The van der Waals surface area contributed by atoms with Crippen LogP contribution in [0.4, 0.5) is 21.9 Å². The van der Waals surface area contributed by atoms with Gasteiger partial charge in [-0.3, -0.25) is 4.79 Å². The van der Waals surface area contributed by atoms with Gasteiger partial charge in [0.15, 0.2) is 0 Å². The maximum absolute atomic E-state index is 12.9. The fourth-order valence-electron chi connectivity index (χ4n) is 3.66. The number of benzene rings is 2. The molecule has 3 N–H and O–H groups in total. The van der Waals surface area contributed by atoms with Gasteiger partial charge in [-0.2, -0.15) is 0 Å². The largest absolute Gasteiger partial charge is 0.382 e. The molecule has 0 atom stereocenters. The van der Waals surface area contributed by atoms with Crippen molar-refractivity contribution in [3.8, 4) is 0 Å². The normalized spacial score (nSPS) is 13.2. The van der Waals surface area contributed by atoms with Gasteiger partial charge in [0.05, 0.1) is 5.56 Å². The van der Waals surface area contributed by atoms with Gasteiger partial charge in [0.25, 0.3) is 5.91 Å². The van der Waals surface area contributed by atoms with E-state index in [1.165, 1.54) is 0 Å². The summed E-state index contributed by atoms with van der Waals surface area (Å²) in [6, 6.07) is 12.8. The van der Waals surface area contributed by atoms with Gasteiger partial charge in [0, 0.05) is 49.9 Å². The van der Waals surface area contributed by atoms with Crippen LogP contribution in [0, 0.1) is 6.92 Å². The zero-order valence-corrected chi connectivity index (χ0v) is 18.4. The summed E-state index contributed by atoms with van der Waals surface area (Å²) in [5.41, 5.74) is 3.85. The van der Waals surface area contributed by atoms with Crippen LogP contribution >= 0.6 is 0 Å². The average molecular weight is 425 g/mol. The van der Waals surface area contributed by atoms with Gasteiger partial charge in [-0.05, 0) is 69.0 Å². The number of nitrogens with one attached hydrogen (secondary N) is 3. The Hall–Kier alpha value is -3.06. The molecule has 0 aromatic heterocycles. The summed E-state index contributed by atoms with van der Waals surface area (Å²) in [6.07, 6.45) is 3.00. The summed E-state index contributed by atoms with van der Waals surface area (Å²) in [5, 5.41) is 8.64. The Morgan fingerprint density at radius 1 is 1.03 bits per heavy atom. The standard InChI is InChI=1S/C24H32N4O3/c1-3-31-15-7-12-25-23(29)21-17-20(10-11-22(21)28-13-4-5-14-28)27-24(30)26-19-9-6-8-18(2)16-19/h6,8-11,16-17H,3-5,7,12-15H2,1-2H3,(H,25,29)(H2,26,27,30). The minimum absolute atomic E-state index is 0.138. The molecule has 7 heteroatoms. The molecule has 2 aromatic rings. The molecule has 3 amide bonds. The van der Waals surface area contributed by atoms with Gasteiger partial charge in [-0.15, -0.1) is 0 Å². The van der Waals surface area contributed by atoms with E-state index in [1.807, 2.05) is 50.2 Å². The maximum atomic E-state index is 12.9. The summed E-state index contributed by atoms with van der Waals surface area (Å²) < 4.78 is 5.33. The molecule has 31 heavy (non-hydrogen) atoms. The maximum Gasteiger partial charge on any atom is 0.323 e. The Kier molecular flexibility index (Phi) is 8.29. The van der Waals surface area contributed by atoms with E-state index in [0.29, 0.717) is 31.0 Å². The van der Waals surface area contributed by atoms with Crippen molar-refractivity contribution in [1.82, 2.24) is 5.32 Å². The molecule has 0 unspecified atom stereocenters. The van der Waals surface area contributed by atoms with Crippen LogP contribution in [-0.2, 0) is 4.74 Å². The molecule has 0 radical (unpaired) electrons. The van der Waals surface area contributed by atoms with E-state index in [4.69, 9.17) is 4.74 Å². The van der Waals surface area contributed by atoms with Crippen LogP contribution in [0.2, 0.25) is 0 Å². The summed E-state index contributed by atoms with van der Waals surface area (Å²) in [5.74, 6) is -0.138. The van der Waals surface area contributed by atoms with Crippen LogP contribution in [0.15, 0.2) is 42.5 Å². The molecule has 2 aromatic carbocycles. The zero-order valence-electron chi connectivity index (χ0n) is 18.4. The lowest BCUT2D eigenvalue weighted by Crippen LogP contribution is -2.29. The molecular weight excluding hydrogens is 392 g/mol. The van der Waals surface area contributed by atoms with Crippen molar-refractivity contribution in [3.63, 3.8) is 0 Å². The van der Waals surface area contributed by atoms with Crippen LogP contribution < -0.4 is 20.9 Å². The SMILES string of the molecule is CCOCCCNC(=O)c1cc(NC(=O)Nc2cccc(C)c2)ccc1N1CCCC1.